The van der Waals surface area contributed by atoms with Crippen LogP contribution in [0, 0.1) is 6.92 Å². The van der Waals surface area contributed by atoms with Crippen LogP contribution in [0.3, 0.4) is 0 Å². The Morgan fingerprint density at radius 1 is 1.14 bits per heavy atom. The summed E-state index contributed by atoms with van der Waals surface area (Å²) in [6.07, 6.45) is -0.665. The van der Waals surface area contributed by atoms with Crippen molar-refractivity contribution in [3.8, 4) is 16.9 Å². The molecule has 0 radical (unpaired) electrons. The van der Waals surface area contributed by atoms with E-state index in [0.717, 1.165) is 11.1 Å². The average molecular weight is 326 g/mol. The van der Waals surface area contributed by atoms with Crippen molar-refractivity contribution >= 4 is 28.9 Å². The summed E-state index contributed by atoms with van der Waals surface area (Å²) in [6, 6.07) is 11.0. The van der Waals surface area contributed by atoms with Crippen molar-refractivity contribution in [3.63, 3.8) is 0 Å². The Labute approximate surface area is 134 Å². The number of para-hydroxylation sites is 2. The summed E-state index contributed by atoms with van der Waals surface area (Å²) < 4.78 is 0. The number of benzene rings is 2. The molecule has 0 fully saturated rings. The molecular weight excluding hydrogens is 309 g/mol. The van der Waals surface area contributed by atoms with Gasteiger partial charge in [-0.15, -0.1) is 11.6 Å². The number of hydrogen-bond acceptors (Lipinski definition) is 3. The van der Waals surface area contributed by atoms with Crippen LogP contribution < -0.4 is 5.32 Å². The predicted octanol–water partition coefficient (Wildman–Crippen LogP) is 4.03. The molecular formula is C16H17Cl2NO2. The van der Waals surface area contributed by atoms with E-state index >= 15 is 0 Å². The van der Waals surface area contributed by atoms with Crippen LogP contribution in [0.25, 0.3) is 11.1 Å². The van der Waals surface area contributed by atoms with Gasteiger partial charge < -0.3 is 15.5 Å². The number of nitrogens with one attached hydrogen (secondary N) is 1. The van der Waals surface area contributed by atoms with Crippen LogP contribution in [0.1, 0.15) is 5.56 Å². The van der Waals surface area contributed by atoms with Crippen molar-refractivity contribution in [1.29, 1.82) is 0 Å². The topological polar surface area (TPSA) is 52.5 Å². The lowest BCUT2D eigenvalue weighted by Gasteiger charge is -2.17. The number of hydrogen-bond donors (Lipinski definition) is 3. The summed E-state index contributed by atoms with van der Waals surface area (Å²) in [5.41, 5.74) is 2.94. The Balaban J connectivity index is 2.44. The van der Waals surface area contributed by atoms with Gasteiger partial charge in [0.1, 0.15) is 5.75 Å². The number of aliphatic hydroxyl groups is 1. The minimum atomic E-state index is -0.665. The minimum absolute atomic E-state index is 0.141. The molecule has 21 heavy (non-hydrogen) atoms. The second-order valence-corrected chi connectivity index (χ2v) is 5.54. The second kappa shape index (κ2) is 7.03. The molecule has 0 aliphatic heterocycles. The van der Waals surface area contributed by atoms with Gasteiger partial charge in [0.15, 0.2) is 0 Å². The van der Waals surface area contributed by atoms with Gasteiger partial charge in [-0.25, -0.2) is 0 Å². The highest BCUT2D eigenvalue weighted by molar-refractivity contribution is 6.34. The number of alkyl halides is 1. The Kier molecular flexibility index (Phi) is 5.34. The maximum atomic E-state index is 10.2. The summed E-state index contributed by atoms with van der Waals surface area (Å²) in [5.74, 6) is 0.364. The van der Waals surface area contributed by atoms with E-state index in [0.29, 0.717) is 16.3 Å². The lowest BCUT2D eigenvalue weighted by molar-refractivity contribution is 0.211. The van der Waals surface area contributed by atoms with E-state index in [1.54, 1.807) is 6.07 Å². The molecule has 3 nitrogen and oxygen atoms in total. The Morgan fingerprint density at radius 2 is 1.81 bits per heavy atom. The summed E-state index contributed by atoms with van der Waals surface area (Å²) in [6.45, 7) is 2.13. The molecule has 0 amide bonds. The summed E-state index contributed by atoms with van der Waals surface area (Å²) >= 11 is 11.8. The van der Waals surface area contributed by atoms with Gasteiger partial charge in [0.25, 0.3) is 0 Å². The monoisotopic (exact) mass is 325 g/mol. The zero-order valence-corrected chi connectivity index (χ0v) is 13.1. The maximum absolute atomic E-state index is 10.2. The zero-order chi connectivity index (χ0) is 15.4. The molecule has 0 aliphatic carbocycles. The molecule has 1 atom stereocenters. The van der Waals surface area contributed by atoms with E-state index < -0.39 is 6.10 Å². The SMILES string of the molecule is Cc1cccc(-c2cccc(Cl)c2NCC(O)CCl)c1O. The smallest absolute Gasteiger partial charge is 0.126 e. The van der Waals surface area contributed by atoms with Gasteiger partial charge in [-0.1, -0.05) is 41.9 Å². The lowest BCUT2D eigenvalue weighted by Crippen LogP contribution is -2.21. The fourth-order valence-electron chi connectivity index (χ4n) is 2.08. The molecule has 112 valence electrons. The minimum Gasteiger partial charge on any atom is -0.507 e. The van der Waals surface area contributed by atoms with E-state index in [1.807, 2.05) is 37.3 Å². The number of aryl methyl sites for hydroxylation is 1. The molecule has 0 aromatic heterocycles. The fraction of sp³-hybridized carbons (Fsp3) is 0.250. The molecule has 0 heterocycles. The summed E-state index contributed by atoms with van der Waals surface area (Å²) in [5, 5.41) is 23.5. The van der Waals surface area contributed by atoms with Gasteiger partial charge in [-0.05, 0) is 18.6 Å². The lowest BCUT2D eigenvalue weighted by atomic mass is 10.00. The average Bonchev–Trinajstić information content (AvgIpc) is 2.48. The van der Waals surface area contributed by atoms with Crippen LogP contribution in [0.15, 0.2) is 36.4 Å². The van der Waals surface area contributed by atoms with Crippen LogP contribution in [0.2, 0.25) is 5.02 Å². The van der Waals surface area contributed by atoms with Crippen LogP contribution >= 0.6 is 23.2 Å². The van der Waals surface area contributed by atoms with E-state index in [4.69, 9.17) is 23.2 Å². The van der Waals surface area contributed by atoms with E-state index in [9.17, 15) is 10.2 Å². The first-order chi connectivity index (χ1) is 10.0. The second-order valence-electron chi connectivity index (χ2n) is 4.82. The first kappa shape index (κ1) is 16.0. The van der Waals surface area contributed by atoms with Crippen LogP contribution in [0.4, 0.5) is 5.69 Å². The number of halogens is 2. The van der Waals surface area contributed by atoms with Gasteiger partial charge in [-0.2, -0.15) is 0 Å². The molecule has 0 aliphatic rings. The quantitative estimate of drug-likeness (QED) is 0.727. The van der Waals surface area contributed by atoms with Crippen LogP contribution in [0.5, 0.6) is 5.75 Å². The molecule has 0 spiro atoms. The number of phenols is 1. The molecule has 0 saturated heterocycles. The van der Waals surface area contributed by atoms with Gasteiger partial charge in [0, 0.05) is 17.7 Å². The predicted molar refractivity (Wildman–Crippen MR) is 88.5 cm³/mol. The molecule has 2 aromatic carbocycles. The fourth-order valence-corrected chi connectivity index (χ4v) is 2.43. The number of rotatable bonds is 5. The zero-order valence-electron chi connectivity index (χ0n) is 11.6. The van der Waals surface area contributed by atoms with Crippen molar-refractivity contribution in [3.05, 3.63) is 47.0 Å². The summed E-state index contributed by atoms with van der Waals surface area (Å²) in [4.78, 5) is 0. The van der Waals surface area contributed by atoms with Gasteiger partial charge in [0.05, 0.1) is 22.7 Å². The highest BCUT2D eigenvalue weighted by Gasteiger charge is 2.14. The number of phenolic OH excluding ortho intramolecular Hbond substituents is 1. The van der Waals surface area contributed by atoms with Crippen molar-refractivity contribution in [2.75, 3.05) is 17.7 Å². The molecule has 2 rings (SSSR count). The Morgan fingerprint density at radius 3 is 2.52 bits per heavy atom. The van der Waals surface area contributed by atoms with Gasteiger partial charge in [-0.3, -0.25) is 0 Å². The van der Waals surface area contributed by atoms with Crippen molar-refractivity contribution in [2.24, 2.45) is 0 Å². The van der Waals surface area contributed by atoms with E-state index in [1.165, 1.54) is 0 Å². The highest BCUT2D eigenvalue weighted by atomic mass is 35.5. The van der Waals surface area contributed by atoms with E-state index in [2.05, 4.69) is 5.32 Å². The summed E-state index contributed by atoms with van der Waals surface area (Å²) in [7, 11) is 0. The van der Waals surface area contributed by atoms with Crippen LogP contribution in [-0.4, -0.2) is 28.7 Å². The van der Waals surface area contributed by atoms with Crippen LogP contribution in [-0.2, 0) is 0 Å². The molecule has 2 aromatic rings. The first-order valence-electron chi connectivity index (χ1n) is 6.60. The maximum Gasteiger partial charge on any atom is 0.126 e. The van der Waals surface area contributed by atoms with Gasteiger partial charge in [0.2, 0.25) is 0 Å². The Bertz CT molecular complexity index is 632. The van der Waals surface area contributed by atoms with Crippen molar-refractivity contribution in [1.82, 2.24) is 0 Å². The third-order valence-electron chi connectivity index (χ3n) is 3.23. The third-order valence-corrected chi connectivity index (χ3v) is 3.91. The normalized spacial score (nSPS) is 12.2. The first-order valence-corrected chi connectivity index (χ1v) is 7.51. The number of anilines is 1. The standard InChI is InChI=1S/C16H17Cl2NO2/c1-10-4-2-6-13(16(10)21)12-5-3-7-14(18)15(12)19-9-11(20)8-17/h2-7,11,19-21H,8-9H2,1H3. The molecule has 0 bridgehead atoms. The molecule has 3 N–H and O–H groups in total. The van der Waals surface area contributed by atoms with E-state index in [-0.39, 0.29) is 18.2 Å². The Hall–Kier alpha value is -1.42. The molecule has 1 unspecified atom stereocenters. The molecule has 0 saturated carbocycles. The van der Waals surface area contributed by atoms with Crippen molar-refractivity contribution < 1.29 is 10.2 Å². The highest BCUT2D eigenvalue weighted by Crippen LogP contribution is 2.39. The number of aromatic hydroxyl groups is 1. The van der Waals surface area contributed by atoms with Crippen molar-refractivity contribution in [2.45, 2.75) is 13.0 Å². The number of aliphatic hydroxyl groups excluding tert-OH is 1. The largest absolute Gasteiger partial charge is 0.507 e. The molecule has 5 heteroatoms. The van der Waals surface area contributed by atoms with Gasteiger partial charge >= 0.3 is 0 Å². The third kappa shape index (κ3) is 3.62.